The summed E-state index contributed by atoms with van der Waals surface area (Å²) in [5.74, 6) is 0. The van der Waals surface area contributed by atoms with Gasteiger partial charge < -0.3 is 10.7 Å². The summed E-state index contributed by atoms with van der Waals surface area (Å²) in [6.45, 7) is 0. The molecule has 3 N–H and O–H groups in total. The smallest absolute Gasteiger partial charge is 0.0693 e. The van der Waals surface area contributed by atoms with Gasteiger partial charge in [-0.25, -0.2) is 0 Å². The standard InChI is InChI=1S/C14H14N2/c15-13-12(10-4-2-1-3-5-10)7-6-11-8-9-16-14(11)13/h2,4-9,16H,1,3,15H2. The number of anilines is 1. The molecular weight excluding hydrogens is 196 g/mol. The number of allylic oxidation sites excluding steroid dienone is 4. The molecule has 0 spiro atoms. The van der Waals surface area contributed by atoms with E-state index in [2.05, 4.69) is 35.3 Å². The van der Waals surface area contributed by atoms with Crippen LogP contribution in [-0.2, 0) is 0 Å². The second kappa shape index (κ2) is 3.56. The van der Waals surface area contributed by atoms with E-state index in [1.54, 1.807) is 0 Å². The van der Waals surface area contributed by atoms with Crippen LogP contribution in [0.3, 0.4) is 0 Å². The van der Waals surface area contributed by atoms with E-state index in [0.717, 1.165) is 29.6 Å². The molecule has 2 aromatic rings. The van der Waals surface area contributed by atoms with Crippen LogP contribution in [0.15, 0.2) is 42.6 Å². The van der Waals surface area contributed by atoms with Crippen LogP contribution in [0.5, 0.6) is 0 Å². The Bertz CT molecular complexity index is 588. The molecule has 1 aromatic carbocycles. The summed E-state index contributed by atoms with van der Waals surface area (Å²) >= 11 is 0. The zero-order valence-corrected chi connectivity index (χ0v) is 9.03. The van der Waals surface area contributed by atoms with E-state index >= 15 is 0 Å². The van der Waals surface area contributed by atoms with E-state index in [9.17, 15) is 0 Å². The summed E-state index contributed by atoms with van der Waals surface area (Å²) in [5, 5.41) is 1.17. The molecule has 0 aliphatic heterocycles. The van der Waals surface area contributed by atoms with Crippen LogP contribution in [0.25, 0.3) is 16.5 Å². The summed E-state index contributed by atoms with van der Waals surface area (Å²) in [5.41, 5.74) is 10.4. The second-order valence-corrected chi connectivity index (χ2v) is 4.11. The molecule has 0 radical (unpaired) electrons. The van der Waals surface area contributed by atoms with Crippen LogP contribution >= 0.6 is 0 Å². The first-order valence-electron chi connectivity index (χ1n) is 5.59. The minimum atomic E-state index is 0.848. The highest BCUT2D eigenvalue weighted by atomic mass is 14.7. The number of nitrogens with one attached hydrogen (secondary N) is 1. The monoisotopic (exact) mass is 210 g/mol. The van der Waals surface area contributed by atoms with Gasteiger partial charge in [0.25, 0.3) is 0 Å². The number of benzene rings is 1. The Morgan fingerprint density at radius 3 is 2.88 bits per heavy atom. The lowest BCUT2D eigenvalue weighted by Crippen LogP contribution is -1.95. The number of hydrogen-bond donors (Lipinski definition) is 2. The molecular formula is C14H14N2. The maximum absolute atomic E-state index is 6.19. The first-order chi connectivity index (χ1) is 7.86. The molecule has 3 rings (SSSR count). The van der Waals surface area contributed by atoms with Crippen LogP contribution < -0.4 is 5.73 Å². The van der Waals surface area contributed by atoms with Crippen LogP contribution in [0.4, 0.5) is 5.69 Å². The van der Waals surface area contributed by atoms with Crippen molar-refractivity contribution in [3.8, 4) is 0 Å². The molecule has 16 heavy (non-hydrogen) atoms. The summed E-state index contributed by atoms with van der Waals surface area (Å²) in [6.07, 6.45) is 10.8. The van der Waals surface area contributed by atoms with Gasteiger partial charge in [-0.1, -0.05) is 30.4 Å². The minimum absolute atomic E-state index is 0.848. The Kier molecular flexibility index (Phi) is 2.07. The van der Waals surface area contributed by atoms with Crippen molar-refractivity contribution in [2.45, 2.75) is 12.8 Å². The van der Waals surface area contributed by atoms with E-state index in [0.29, 0.717) is 0 Å². The van der Waals surface area contributed by atoms with Crippen molar-refractivity contribution in [3.63, 3.8) is 0 Å². The van der Waals surface area contributed by atoms with Crippen molar-refractivity contribution >= 4 is 22.2 Å². The van der Waals surface area contributed by atoms with Crippen molar-refractivity contribution in [1.29, 1.82) is 0 Å². The highest BCUT2D eigenvalue weighted by molar-refractivity contribution is 5.97. The number of aromatic amines is 1. The van der Waals surface area contributed by atoms with Crippen molar-refractivity contribution in [3.05, 3.63) is 48.2 Å². The number of nitrogens with two attached hydrogens (primary N) is 1. The topological polar surface area (TPSA) is 41.8 Å². The first-order valence-corrected chi connectivity index (χ1v) is 5.59. The third-order valence-electron chi connectivity index (χ3n) is 3.07. The normalized spacial score (nSPS) is 15.4. The molecule has 0 bridgehead atoms. The number of rotatable bonds is 1. The summed E-state index contributed by atoms with van der Waals surface area (Å²) in [7, 11) is 0. The van der Waals surface area contributed by atoms with E-state index in [1.165, 1.54) is 11.0 Å². The molecule has 1 aliphatic rings. The lowest BCUT2D eigenvalue weighted by molar-refractivity contribution is 1.04. The fourth-order valence-corrected chi connectivity index (χ4v) is 2.22. The molecule has 0 fully saturated rings. The third-order valence-corrected chi connectivity index (χ3v) is 3.07. The Hall–Kier alpha value is -1.96. The SMILES string of the molecule is Nc1c(C2=CCCC=C2)ccc2cc[nH]c12. The summed E-state index contributed by atoms with van der Waals surface area (Å²) < 4.78 is 0. The van der Waals surface area contributed by atoms with E-state index in [-0.39, 0.29) is 0 Å². The molecule has 1 heterocycles. The fraction of sp³-hybridized carbons (Fsp3) is 0.143. The Morgan fingerprint density at radius 1 is 1.12 bits per heavy atom. The third kappa shape index (κ3) is 1.34. The second-order valence-electron chi connectivity index (χ2n) is 4.11. The maximum atomic E-state index is 6.19. The van der Waals surface area contributed by atoms with Crippen LogP contribution in [0, 0.1) is 0 Å². The molecule has 1 aliphatic carbocycles. The predicted octanol–water partition coefficient (Wildman–Crippen LogP) is 3.48. The number of H-pyrrole nitrogens is 1. The molecule has 0 amide bonds. The van der Waals surface area contributed by atoms with Gasteiger partial charge in [0.05, 0.1) is 11.2 Å². The van der Waals surface area contributed by atoms with Gasteiger partial charge in [-0.2, -0.15) is 0 Å². The Morgan fingerprint density at radius 2 is 2.06 bits per heavy atom. The van der Waals surface area contributed by atoms with Gasteiger partial charge in [0.2, 0.25) is 0 Å². The Labute approximate surface area is 94.5 Å². The molecule has 0 saturated carbocycles. The lowest BCUT2D eigenvalue weighted by atomic mass is 9.97. The average Bonchev–Trinajstić information content (AvgIpc) is 2.80. The Balaban J connectivity index is 2.20. The quantitative estimate of drug-likeness (QED) is 0.695. The van der Waals surface area contributed by atoms with E-state index < -0.39 is 0 Å². The van der Waals surface area contributed by atoms with Crippen molar-refractivity contribution < 1.29 is 0 Å². The zero-order valence-electron chi connectivity index (χ0n) is 9.03. The van der Waals surface area contributed by atoms with Crippen LogP contribution in [0.1, 0.15) is 18.4 Å². The lowest BCUT2D eigenvalue weighted by Gasteiger charge is -2.10. The van der Waals surface area contributed by atoms with E-state index in [1.807, 2.05) is 12.3 Å². The molecule has 2 heteroatoms. The van der Waals surface area contributed by atoms with Gasteiger partial charge in [-0.15, -0.1) is 0 Å². The number of nitrogen functional groups attached to an aromatic ring is 1. The number of aromatic nitrogens is 1. The molecule has 0 atom stereocenters. The van der Waals surface area contributed by atoms with Crippen LogP contribution in [0.2, 0.25) is 0 Å². The van der Waals surface area contributed by atoms with Gasteiger partial charge in [0.15, 0.2) is 0 Å². The largest absolute Gasteiger partial charge is 0.397 e. The number of hydrogen-bond acceptors (Lipinski definition) is 1. The predicted molar refractivity (Wildman–Crippen MR) is 69.1 cm³/mol. The zero-order chi connectivity index (χ0) is 11.0. The van der Waals surface area contributed by atoms with Gasteiger partial charge in [-0.3, -0.25) is 0 Å². The van der Waals surface area contributed by atoms with Gasteiger partial charge in [0.1, 0.15) is 0 Å². The molecule has 0 unspecified atom stereocenters. The summed E-state index contributed by atoms with van der Waals surface area (Å²) in [4.78, 5) is 3.19. The molecule has 2 nitrogen and oxygen atoms in total. The first kappa shape index (κ1) is 9.28. The highest BCUT2D eigenvalue weighted by Crippen LogP contribution is 2.31. The van der Waals surface area contributed by atoms with Crippen molar-refractivity contribution in [2.75, 3.05) is 5.73 Å². The molecule has 0 saturated heterocycles. The molecule has 80 valence electrons. The van der Waals surface area contributed by atoms with Crippen molar-refractivity contribution in [2.24, 2.45) is 0 Å². The highest BCUT2D eigenvalue weighted by Gasteiger charge is 2.08. The van der Waals surface area contributed by atoms with Crippen molar-refractivity contribution in [1.82, 2.24) is 4.98 Å². The van der Waals surface area contributed by atoms with Crippen LogP contribution in [-0.4, -0.2) is 4.98 Å². The van der Waals surface area contributed by atoms with Gasteiger partial charge >= 0.3 is 0 Å². The summed E-state index contributed by atoms with van der Waals surface area (Å²) in [6, 6.07) is 6.26. The number of fused-ring (bicyclic) bond motifs is 1. The maximum Gasteiger partial charge on any atom is 0.0693 e. The fourth-order valence-electron chi connectivity index (χ4n) is 2.22. The average molecular weight is 210 g/mol. The van der Waals surface area contributed by atoms with Gasteiger partial charge in [-0.05, 0) is 24.5 Å². The van der Waals surface area contributed by atoms with Gasteiger partial charge in [0, 0.05) is 17.1 Å². The van der Waals surface area contributed by atoms with E-state index in [4.69, 9.17) is 5.73 Å². The minimum Gasteiger partial charge on any atom is -0.397 e. The molecule has 1 aromatic heterocycles.